The molecule has 0 spiro atoms. The summed E-state index contributed by atoms with van der Waals surface area (Å²) in [5.74, 6) is -0.0550. The molecule has 0 aliphatic rings. The van der Waals surface area contributed by atoms with E-state index in [1.807, 2.05) is 6.08 Å². The molecule has 3 N–H and O–H groups in total. The minimum absolute atomic E-state index is 0.0127. The lowest BCUT2D eigenvalue weighted by Gasteiger charge is -2.20. The number of hydrogen-bond donors (Lipinski definition) is 3. The summed E-state index contributed by atoms with van der Waals surface area (Å²) in [5, 5.41) is 23.1. The second-order valence-electron chi connectivity index (χ2n) is 20.7. The fourth-order valence-electron chi connectivity index (χ4n) is 9.46. The molecular weight excluding hydrogens is 815 g/mol. The first-order chi connectivity index (χ1) is 32.5. The number of hydrogen-bond acceptors (Lipinski definition) is 5. The van der Waals surface area contributed by atoms with Gasteiger partial charge in [-0.25, -0.2) is 0 Å². The van der Waals surface area contributed by atoms with E-state index in [0.29, 0.717) is 19.4 Å². The Morgan fingerprint density at radius 1 is 0.409 bits per heavy atom. The molecule has 0 aromatic carbocycles. The van der Waals surface area contributed by atoms with Gasteiger partial charge in [0.1, 0.15) is 0 Å². The van der Waals surface area contributed by atoms with E-state index in [1.54, 1.807) is 6.08 Å². The zero-order chi connectivity index (χ0) is 47.9. The molecule has 0 radical (unpaired) electrons. The first-order valence-electron chi connectivity index (χ1n) is 30.0. The van der Waals surface area contributed by atoms with Crippen molar-refractivity contribution in [2.24, 2.45) is 0 Å². The summed E-state index contributed by atoms with van der Waals surface area (Å²) >= 11 is 0. The molecular formula is C60H117NO5. The lowest BCUT2D eigenvalue weighted by molar-refractivity contribution is -0.143. The van der Waals surface area contributed by atoms with Crippen LogP contribution in [0.2, 0.25) is 0 Å². The van der Waals surface area contributed by atoms with Crippen molar-refractivity contribution in [3.63, 3.8) is 0 Å². The maximum absolute atomic E-state index is 12.5. The van der Waals surface area contributed by atoms with Crippen molar-refractivity contribution in [2.45, 2.75) is 347 Å². The number of aliphatic hydroxyl groups excluding tert-OH is 2. The summed E-state index contributed by atoms with van der Waals surface area (Å²) in [6.07, 6.45) is 66.7. The first-order valence-corrected chi connectivity index (χ1v) is 30.0. The number of rotatable bonds is 56. The smallest absolute Gasteiger partial charge is 0.305 e. The van der Waals surface area contributed by atoms with Crippen LogP contribution in [0.15, 0.2) is 12.2 Å². The van der Waals surface area contributed by atoms with E-state index in [9.17, 15) is 19.8 Å². The maximum atomic E-state index is 12.5. The molecule has 1 amide bonds. The second-order valence-corrected chi connectivity index (χ2v) is 20.7. The molecule has 6 nitrogen and oxygen atoms in total. The molecule has 0 aromatic heterocycles. The van der Waals surface area contributed by atoms with E-state index < -0.39 is 12.1 Å². The van der Waals surface area contributed by atoms with Crippen LogP contribution >= 0.6 is 0 Å². The third-order valence-corrected chi connectivity index (χ3v) is 14.1. The van der Waals surface area contributed by atoms with Crippen LogP contribution in [-0.4, -0.2) is 47.4 Å². The molecule has 0 fully saturated rings. The second kappa shape index (κ2) is 56.2. The van der Waals surface area contributed by atoms with E-state index in [-0.39, 0.29) is 18.5 Å². The van der Waals surface area contributed by atoms with Crippen LogP contribution in [0.1, 0.15) is 335 Å². The molecule has 0 aliphatic heterocycles. The highest BCUT2D eigenvalue weighted by Gasteiger charge is 2.18. The Balaban J connectivity index is 3.40. The van der Waals surface area contributed by atoms with Gasteiger partial charge in [-0.15, -0.1) is 0 Å². The number of amides is 1. The van der Waals surface area contributed by atoms with Crippen LogP contribution in [0.4, 0.5) is 0 Å². The summed E-state index contributed by atoms with van der Waals surface area (Å²) in [6, 6.07) is -0.628. The Hall–Kier alpha value is -1.40. The highest BCUT2D eigenvalue weighted by Crippen LogP contribution is 2.18. The number of esters is 1. The van der Waals surface area contributed by atoms with Gasteiger partial charge in [-0.1, -0.05) is 302 Å². The summed E-state index contributed by atoms with van der Waals surface area (Å²) in [7, 11) is 0. The van der Waals surface area contributed by atoms with Gasteiger partial charge in [0.2, 0.25) is 5.91 Å². The van der Waals surface area contributed by atoms with Crippen molar-refractivity contribution >= 4 is 11.9 Å². The largest absolute Gasteiger partial charge is 0.466 e. The van der Waals surface area contributed by atoms with Crippen LogP contribution in [0.5, 0.6) is 0 Å². The molecule has 0 aromatic rings. The monoisotopic (exact) mass is 932 g/mol. The van der Waals surface area contributed by atoms with Gasteiger partial charge in [0, 0.05) is 12.8 Å². The van der Waals surface area contributed by atoms with Crippen LogP contribution in [0.25, 0.3) is 0 Å². The third-order valence-electron chi connectivity index (χ3n) is 14.1. The molecule has 0 heterocycles. The first kappa shape index (κ1) is 64.6. The van der Waals surface area contributed by atoms with Gasteiger partial charge >= 0.3 is 5.97 Å². The minimum atomic E-state index is -0.844. The van der Waals surface area contributed by atoms with Gasteiger partial charge < -0.3 is 20.3 Å². The molecule has 2 atom stereocenters. The summed E-state index contributed by atoms with van der Waals surface area (Å²) in [4.78, 5) is 24.5. The van der Waals surface area contributed by atoms with E-state index in [4.69, 9.17) is 4.74 Å². The summed E-state index contributed by atoms with van der Waals surface area (Å²) in [5.41, 5.74) is 0. The van der Waals surface area contributed by atoms with Crippen molar-refractivity contribution in [1.29, 1.82) is 0 Å². The molecule has 0 saturated heterocycles. The number of aliphatic hydroxyl groups is 2. The number of ether oxygens (including phenoxy) is 1. The zero-order valence-corrected chi connectivity index (χ0v) is 44.7. The highest BCUT2D eigenvalue weighted by molar-refractivity contribution is 5.76. The fourth-order valence-corrected chi connectivity index (χ4v) is 9.46. The maximum Gasteiger partial charge on any atom is 0.305 e. The van der Waals surface area contributed by atoms with E-state index in [0.717, 1.165) is 38.5 Å². The van der Waals surface area contributed by atoms with Crippen molar-refractivity contribution in [3.05, 3.63) is 12.2 Å². The Kier molecular flexibility index (Phi) is 55.0. The molecule has 2 unspecified atom stereocenters. The molecule has 6 heteroatoms. The van der Waals surface area contributed by atoms with Gasteiger partial charge in [0.05, 0.1) is 25.4 Å². The average Bonchev–Trinajstić information content (AvgIpc) is 3.32. The van der Waals surface area contributed by atoms with Crippen LogP contribution < -0.4 is 5.32 Å². The quantitative estimate of drug-likeness (QED) is 0.0321. The topological polar surface area (TPSA) is 95.9 Å². The van der Waals surface area contributed by atoms with Crippen LogP contribution in [0, 0.1) is 0 Å². The fraction of sp³-hybridized carbons (Fsp3) is 0.933. The van der Waals surface area contributed by atoms with Crippen LogP contribution in [0.3, 0.4) is 0 Å². The molecule has 0 saturated carbocycles. The third kappa shape index (κ3) is 52.0. The van der Waals surface area contributed by atoms with Gasteiger partial charge in [0.25, 0.3) is 0 Å². The van der Waals surface area contributed by atoms with Gasteiger partial charge in [-0.3, -0.25) is 9.59 Å². The van der Waals surface area contributed by atoms with Crippen molar-refractivity contribution in [2.75, 3.05) is 13.2 Å². The summed E-state index contributed by atoms with van der Waals surface area (Å²) in [6.45, 7) is 4.92. The predicted molar refractivity (Wildman–Crippen MR) is 287 cm³/mol. The van der Waals surface area contributed by atoms with Crippen molar-refractivity contribution < 1.29 is 24.5 Å². The van der Waals surface area contributed by atoms with E-state index in [1.165, 1.54) is 270 Å². The van der Waals surface area contributed by atoms with Gasteiger partial charge in [-0.05, 0) is 32.1 Å². The number of unbranched alkanes of at least 4 members (excludes halogenated alkanes) is 45. The molecule has 0 rings (SSSR count). The SMILES string of the molecule is CCCCCCCCCCCCCCC/C=C/C(O)C(CO)NC(=O)CCCCCCCCCCCCCCCCCCCCCCOC(=O)CCCCCCCCCCCCCCCC. The number of nitrogens with one attached hydrogen (secondary N) is 1. The molecule has 66 heavy (non-hydrogen) atoms. The van der Waals surface area contributed by atoms with Crippen molar-refractivity contribution in [3.8, 4) is 0 Å². The molecule has 0 aliphatic carbocycles. The van der Waals surface area contributed by atoms with Crippen molar-refractivity contribution in [1.82, 2.24) is 5.32 Å². The Morgan fingerprint density at radius 3 is 1.03 bits per heavy atom. The van der Waals surface area contributed by atoms with Crippen LogP contribution in [-0.2, 0) is 14.3 Å². The normalized spacial score (nSPS) is 12.6. The molecule has 0 bridgehead atoms. The number of carbonyl (C=O) groups is 2. The predicted octanol–water partition coefficient (Wildman–Crippen LogP) is 18.5. The van der Waals surface area contributed by atoms with Gasteiger partial charge in [0.15, 0.2) is 0 Å². The Morgan fingerprint density at radius 2 is 0.697 bits per heavy atom. The standard InChI is InChI=1S/C60H117NO5/c1-3-5-7-9-11-13-15-17-25-28-32-36-40-44-48-52-58(63)57(56-62)61-59(64)53-49-45-41-37-33-29-26-23-21-19-20-22-24-27-31-35-39-43-47-51-55-66-60(65)54-50-46-42-38-34-30-18-16-14-12-10-8-6-4-2/h48,52,57-58,62-63H,3-47,49-51,53-56H2,1-2H3,(H,61,64)/b52-48+. The van der Waals surface area contributed by atoms with E-state index in [2.05, 4.69) is 19.2 Å². The Labute approximate surface area is 412 Å². The number of allylic oxidation sites excluding steroid dienone is 1. The lowest BCUT2D eigenvalue weighted by Crippen LogP contribution is -2.45. The molecule has 392 valence electrons. The van der Waals surface area contributed by atoms with E-state index >= 15 is 0 Å². The van der Waals surface area contributed by atoms with Gasteiger partial charge in [-0.2, -0.15) is 0 Å². The zero-order valence-electron chi connectivity index (χ0n) is 44.7. The minimum Gasteiger partial charge on any atom is -0.466 e. The Bertz CT molecular complexity index is 986. The number of carbonyl (C=O) groups excluding carboxylic acids is 2. The summed E-state index contributed by atoms with van der Waals surface area (Å²) < 4.78 is 5.48. The lowest BCUT2D eigenvalue weighted by atomic mass is 10.0. The average molecular weight is 933 g/mol. The highest BCUT2D eigenvalue weighted by atomic mass is 16.5.